The van der Waals surface area contributed by atoms with Crippen molar-refractivity contribution in [1.82, 2.24) is 10.6 Å². The minimum atomic E-state index is -0.409. The first-order valence-electron chi connectivity index (χ1n) is 8.64. The average molecular weight is 294 g/mol. The first kappa shape index (κ1) is 15.1. The van der Waals surface area contributed by atoms with Crippen LogP contribution in [0.15, 0.2) is 0 Å². The van der Waals surface area contributed by atoms with Crippen LogP contribution in [0.25, 0.3) is 0 Å². The number of carbonyl (C=O) groups is 1. The Balaban J connectivity index is 1.45. The van der Waals surface area contributed by atoms with E-state index in [0.29, 0.717) is 6.04 Å². The summed E-state index contributed by atoms with van der Waals surface area (Å²) in [5, 5.41) is 6.86. The highest BCUT2D eigenvalue weighted by Crippen LogP contribution is 2.43. The highest BCUT2D eigenvalue weighted by molar-refractivity contribution is 5.68. The monoisotopic (exact) mass is 294 g/mol. The van der Waals surface area contributed by atoms with Crippen LogP contribution in [0.5, 0.6) is 0 Å². The molecule has 3 fully saturated rings. The topological polar surface area (TPSA) is 50.4 Å². The molecule has 4 heteroatoms. The van der Waals surface area contributed by atoms with Gasteiger partial charge in [0.05, 0.1) is 0 Å². The molecular weight excluding hydrogens is 264 g/mol. The van der Waals surface area contributed by atoms with Crippen molar-refractivity contribution in [2.24, 2.45) is 11.8 Å². The van der Waals surface area contributed by atoms with E-state index in [2.05, 4.69) is 10.6 Å². The number of nitrogens with one attached hydrogen (secondary N) is 2. The van der Waals surface area contributed by atoms with Crippen molar-refractivity contribution in [3.05, 3.63) is 0 Å². The maximum absolute atomic E-state index is 11.9. The summed E-state index contributed by atoms with van der Waals surface area (Å²) < 4.78 is 5.37. The molecule has 21 heavy (non-hydrogen) atoms. The maximum Gasteiger partial charge on any atom is 0.407 e. The van der Waals surface area contributed by atoms with Gasteiger partial charge < -0.3 is 15.4 Å². The Morgan fingerprint density at radius 2 is 1.52 bits per heavy atom. The van der Waals surface area contributed by atoms with Crippen molar-refractivity contribution < 1.29 is 9.53 Å². The Hall–Kier alpha value is -0.770. The number of ether oxygens (including phenoxy) is 1. The van der Waals surface area contributed by atoms with E-state index in [1.165, 1.54) is 32.1 Å². The molecule has 0 radical (unpaired) electrons. The summed E-state index contributed by atoms with van der Waals surface area (Å²) in [4.78, 5) is 11.9. The summed E-state index contributed by atoms with van der Waals surface area (Å²) in [6, 6.07) is 1.85. The molecule has 3 rings (SSSR count). The zero-order valence-corrected chi connectivity index (χ0v) is 13.7. The predicted octanol–water partition coefficient (Wildman–Crippen LogP) is 3.21. The lowest BCUT2D eigenvalue weighted by atomic mass is 9.79. The number of rotatable bonds is 3. The van der Waals surface area contributed by atoms with Crippen LogP contribution in [-0.2, 0) is 4.74 Å². The van der Waals surface area contributed by atoms with E-state index in [4.69, 9.17) is 4.74 Å². The fourth-order valence-corrected chi connectivity index (χ4v) is 4.08. The standard InChI is InChI=1S/C17H30N2O2/c1-17(2,3)21-16(20)19-14-5-4-11-8-15(10-12(11)9-14)18-13-6-7-13/h11-15,18H,4-10H2,1-3H3,(H,19,20)/t11-,12-,14?,15-/m0/s1. The van der Waals surface area contributed by atoms with Gasteiger partial charge in [-0.2, -0.15) is 0 Å². The molecule has 2 N–H and O–H groups in total. The van der Waals surface area contributed by atoms with Gasteiger partial charge in [-0.1, -0.05) is 0 Å². The van der Waals surface area contributed by atoms with E-state index >= 15 is 0 Å². The molecule has 0 saturated heterocycles. The smallest absolute Gasteiger partial charge is 0.407 e. The third-order valence-corrected chi connectivity index (χ3v) is 5.08. The lowest BCUT2D eigenvalue weighted by Gasteiger charge is -2.32. The lowest BCUT2D eigenvalue weighted by molar-refractivity contribution is 0.0476. The SMILES string of the molecule is CC(C)(C)OC(=O)NC1CC[C@H]2C[C@H](NC3CC3)C[C@@H]2C1. The highest BCUT2D eigenvalue weighted by Gasteiger charge is 2.40. The van der Waals surface area contributed by atoms with Crippen molar-refractivity contribution in [3.63, 3.8) is 0 Å². The summed E-state index contributed by atoms with van der Waals surface area (Å²) in [5.41, 5.74) is -0.409. The minimum Gasteiger partial charge on any atom is -0.444 e. The molecule has 120 valence electrons. The van der Waals surface area contributed by atoms with Crippen molar-refractivity contribution in [1.29, 1.82) is 0 Å². The molecule has 1 amide bonds. The number of hydrogen-bond donors (Lipinski definition) is 2. The molecule has 0 spiro atoms. The molecule has 0 bridgehead atoms. The third-order valence-electron chi connectivity index (χ3n) is 5.08. The van der Waals surface area contributed by atoms with E-state index in [0.717, 1.165) is 36.8 Å². The molecule has 0 aliphatic heterocycles. The number of fused-ring (bicyclic) bond motifs is 1. The van der Waals surface area contributed by atoms with E-state index in [-0.39, 0.29) is 6.09 Å². The van der Waals surface area contributed by atoms with Crippen molar-refractivity contribution in [2.45, 2.75) is 89.4 Å². The van der Waals surface area contributed by atoms with Crippen LogP contribution < -0.4 is 10.6 Å². The van der Waals surface area contributed by atoms with Crippen molar-refractivity contribution >= 4 is 6.09 Å². The van der Waals surface area contributed by atoms with Gasteiger partial charge in [-0.15, -0.1) is 0 Å². The van der Waals surface area contributed by atoms with E-state index in [1.54, 1.807) is 0 Å². The largest absolute Gasteiger partial charge is 0.444 e. The van der Waals surface area contributed by atoms with Crippen LogP contribution in [0.1, 0.15) is 65.7 Å². The Morgan fingerprint density at radius 1 is 0.905 bits per heavy atom. The molecule has 0 aromatic carbocycles. The normalized spacial score (nSPS) is 36.1. The first-order chi connectivity index (χ1) is 9.89. The molecular formula is C17H30N2O2. The van der Waals surface area contributed by atoms with Crippen LogP contribution >= 0.6 is 0 Å². The second-order valence-electron chi connectivity index (χ2n) is 8.29. The molecule has 4 atom stereocenters. The van der Waals surface area contributed by atoms with Crippen LogP contribution in [-0.4, -0.2) is 29.8 Å². The quantitative estimate of drug-likeness (QED) is 0.840. The molecule has 3 aliphatic rings. The maximum atomic E-state index is 11.9. The zero-order valence-electron chi connectivity index (χ0n) is 13.7. The van der Waals surface area contributed by atoms with Gasteiger partial charge in [0.15, 0.2) is 0 Å². The van der Waals surface area contributed by atoms with Crippen LogP contribution in [0.2, 0.25) is 0 Å². The Kier molecular flexibility index (Phi) is 4.17. The Bertz CT molecular complexity index is 387. The van der Waals surface area contributed by atoms with Crippen LogP contribution in [0, 0.1) is 11.8 Å². The molecule has 4 nitrogen and oxygen atoms in total. The average Bonchev–Trinajstić information content (AvgIpc) is 3.04. The molecule has 3 saturated carbocycles. The van der Waals surface area contributed by atoms with Gasteiger partial charge >= 0.3 is 6.09 Å². The van der Waals surface area contributed by atoms with E-state index in [9.17, 15) is 4.79 Å². The molecule has 0 aromatic rings. The molecule has 3 aliphatic carbocycles. The Labute approximate surface area is 128 Å². The van der Waals surface area contributed by atoms with Gasteiger partial charge in [0.1, 0.15) is 5.60 Å². The second-order valence-corrected chi connectivity index (χ2v) is 8.29. The van der Waals surface area contributed by atoms with Gasteiger partial charge in [0, 0.05) is 18.1 Å². The Morgan fingerprint density at radius 3 is 2.19 bits per heavy atom. The van der Waals surface area contributed by atoms with Gasteiger partial charge in [-0.3, -0.25) is 0 Å². The van der Waals surface area contributed by atoms with Gasteiger partial charge in [-0.05, 0) is 77.6 Å². The minimum absolute atomic E-state index is 0.253. The number of amides is 1. The highest BCUT2D eigenvalue weighted by atomic mass is 16.6. The van der Waals surface area contributed by atoms with E-state index < -0.39 is 5.60 Å². The second kappa shape index (κ2) is 5.79. The van der Waals surface area contributed by atoms with Crippen molar-refractivity contribution in [3.8, 4) is 0 Å². The van der Waals surface area contributed by atoms with E-state index in [1.807, 2.05) is 20.8 Å². The summed E-state index contributed by atoms with van der Waals surface area (Å²) in [7, 11) is 0. The number of alkyl carbamates (subject to hydrolysis) is 1. The molecule has 0 heterocycles. The summed E-state index contributed by atoms with van der Waals surface area (Å²) in [5.74, 6) is 1.66. The fraction of sp³-hybridized carbons (Fsp3) is 0.941. The number of hydrogen-bond acceptors (Lipinski definition) is 3. The summed E-state index contributed by atoms with van der Waals surface area (Å²) in [6.07, 6.45) is 8.63. The van der Waals surface area contributed by atoms with Crippen LogP contribution in [0.3, 0.4) is 0 Å². The molecule has 1 unspecified atom stereocenters. The first-order valence-corrected chi connectivity index (χ1v) is 8.64. The summed E-state index contributed by atoms with van der Waals surface area (Å²) >= 11 is 0. The van der Waals surface area contributed by atoms with Gasteiger partial charge in [-0.25, -0.2) is 4.79 Å². The third kappa shape index (κ3) is 4.35. The van der Waals surface area contributed by atoms with Gasteiger partial charge in [0.2, 0.25) is 0 Å². The fourth-order valence-electron chi connectivity index (χ4n) is 4.08. The molecule has 0 aromatic heterocycles. The predicted molar refractivity (Wildman–Crippen MR) is 83.2 cm³/mol. The zero-order chi connectivity index (χ0) is 15.0. The van der Waals surface area contributed by atoms with Crippen molar-refractivity contribution in [2.75, 3.05) is 0 Å². The van der Waals surface area contributed by atoms with Crippen LogP contribution in [0.4, 0.5) is 4.79 Å². The lowest BCUT2D eigenvalue weighted by Crippen LogP contribution is -2.42. The van der Waals surface area contributed by atoms with Gasteiger partial charge in [0.25, 0.3) is 0 Å². The summed E-state index contributed by atoms with van der Waals surface area (Å²) in [6.45, 7) is 5.73. The number of carbonyl (C=O) groups excluding carboxylic acids is 1.